The van der Waals surface area contributed by atoms with E-state index in [-0.39, 0.29) is 5.56 Å². The first-order valence-electron chi connectivity index (χ1n) is 6.10. The highest BCUT2D eigenvalue weighted by molar-refractivity contribution is 5.96. The number of methoxy groups -OCH3 is 1. The molecule has 5 nitrogen and oxygen atoms in total. The Bertz CT molecular complexity index is 637. The number of rotatable bonds is 4. The number of carbonyl (C=O) groups excluding carboxylic acids is 1. The van der Waals surface area contributed by atoms with Gasteiger partial charge in [0.15, 0.2) is 0 Å². The predicted octanol–water partition coefficient (Wildman–Crippen LogP) is 2.99. The molecule has 0 fully saturated rings. The molecule has 0 radical (unpaired) electrons. The molecular weight excluding hydrogens is 260 g/mol. The molecule has 0 spiro atoms. The van der Waals surface area contributed by atoms with Crippen LogP contribution in [0, 0.1) is 0 Å². The van der Waals surface area contributed by atoms with Gasteiger partial charge < -0.3 is 14.3 Å². The second kappa shape index (κ2) is 5.61. The van der Waals surface area contributed by atoms with Crippen molar-refractivity contribution in [3.05, 3.63) is 47.2 Å². The van der Waals surface area contributed by atoms with Crippen molar-refractivity contribution in [3.8, 4) is 11.3 Å². The summed E-state index contributed by atoms with van der Waals surface area (Å²) in [5.41, 5.74) is 1.81. The maximum absolute atomic E-state index is 11.3. The molecule has 0 aliphatic carbocycles. The van der Waals surface area contributed by atoms with Crippen LogP contribution in [0.25, 0.3) is 11.3 Å². The van der Waals surface area contributed by atoms with Crippen molar-refractivity contribution in [2.45, 2.75) is 13.3 Å². The summed E-state index contributed by atoms with van der Waals surface area (Å²) in [5.74, 6) is -1.17. The van der Waals surface area contributed by atoms with E-state index in [0.29, 0.717) is 28.9 Å². The van der Waals surface area contributed by atoms with Gasteiger partial charge in [-0.15, -0.1) is 0 Å². The third-order valence-corrected chi connectivity index (χ3v) is 3.03. The molecule has 1 aromatic carbocycles. The lowest BCUT2D eigenvalue weighted by atomic mass is 10.0. The number of aromatic carboxylic acids is 1. The average molecular weight is 274 g/mol. The lowest BCUT2D eigenvalue weighted by Crippen LogP contribution is -2.02. The largest absolute Gasteiger partial charge is 0.478 e. The van der Waals surface area contributed by atoms with E-state index in [1.165, 1.54) is 13.4 Å². The van der Waals surface area contributed by atoms with Crippen LogP contribution < -0.4 is 0 Å². The van der Waals surface area contributed by atoms with E-state index >= 15 is 0 Å². The summed E-state index contributed by atoms with van der Waals surface area (Å²) in [6, 6.07) is 6.41. The third-order valence-electron chi connectivity index (χ3n) is 3.03. The van der Waals surface area contributed by atoms with Gasteiger partial charge in [0.05, 0.1) is 18.9 Å². The second-order valence-electron chi connectivity index (χ2n) is 4.19. The van der Waals surface area contributed by atoms with Gasteiger partial charge >= 0.3 is 11.9 Å². The zero-order valence-corrected chi connectivity index (χ0v) is 11.2. The number of carboxylic acids is 1. The van der Waals surface area contributed by atoms with Crippen LogP contribution in [-0.2, 0) is 11.2 Å². The minimum Gasteiger partial charge on any atom is -0.478 e. The maximum Gasteiger partial charge on any atom is 0.339 e. The van der Waals surface area contributed by atoms with Crippen molar-refractivity contribution in [2.24, 2.45) is 0 Å². The van der Waals surface area contributed by atoms with Gasteiger partial charge in [0.2, 0.25) is 0 Å². The lowest BCUT2D eigenvalue weighted by molar-refractivity contribution is 0.0599. The fourth-order valence-electron chi connectivity index (χ4n) is 1.98. The molecule has 2 aromatic rings. The number of furan rings is 1. The Kier molecular flexibility index (Phi) is 3.89. The summed E-state index contributed by atoms with van der Waals surface area (Å²) < 4.78 is 9.97. The summed E-state index contributed by atoms with van der Waals surface area (Å²) in [5, 5.41) is 9.27. The molecule has 0 aliphatic heterocycles. The SMILES string of the molecule is CCc1coc(-c2ccc(C(=O)OC)cc2)c1C(=O)O. The Balaban J connectivity index is 2.44. The van der Waals surface area contributed by atoms with E-state index in [9.17, 15) is 14.7 Å². The Hall–Kier alpha value is -2.56. The first-order chi connectivity index (χ1) is 9.58. The zero-order chi connectivity index (χ0) is 14.7. The van der Waals surface area contributed by atoms with Gasteiger partial charge in [-0.1, -0.05) is 19.1 Å². The summed E-state index contributed by atoms with van der Waals surface area (Å²) in [4.78, 5) is 22.7. The van der Waals surface area contributed by atoms with Gasteiger partial charge in [0.1, 0.15) is 11.3 Å². The molecule has 0 bridgehead atoms. The van der Waals surface area contributed by atoms with Gasteiger partial charge in [0, 0.05) is 11.1 Å². The molecule has 0 unspecified atom stereocenters. The molecule has 104 valence electrons. The molecule has 1 heterocycles. The van der Waals surface area contributed by atoms with E-state index < -0.39 is 11.9 Å². The molecule has 0 saturated carbocycles. The molecule has 0 atom stereocenters. The van der Waals surface area contributed by atoms with Gasteiger partial charge in [-0.25, -0.2) is 9.59 Å². The van der Waals surface area contributed by atoms with Crippen LogP contribution in [0.15, 0.2) is 34.9 Å². The standard InChI is InChI=1S/C15H14O5/c1-3-9-8-20-13(12(9)14(16)17)10-4-6-11(7-5-10)15(18)19-2/h4-8H,3H2,1-2H3,(H,16,17). The quantitative estimate of drug-likeness (QED) is 0.867. The fraction of sp³-hybridized carbons (Fsp3) is 0.200. The molecule has 0 saturated heterocycles. The van der Waals surface area contributed by atoms with Crippen molar-refractivity contribution in [1.29, 1.82) is 0 Å². The Morgan fingerprint density at radius 2 is 1.90 bits per heavy atom. The summed E-state index contributed by atoms with van der Waals surface area (Å²) in [7, 11) is 1.30. The van der Waals surface area contributed by atoms with Crippen LogP contribution in [-0.4, -0.2) is 24.2 Å². The molecular formula is C15H14O5. The third kappa shape index (κ3) is 2.42. The highest BCUT2D eigenvalue weighted by Gasteiger charge is 2.20. The first kappa shape index (κ1) is 13.9. The van der Waals surface area contributed by atoms with Crippen LogP contribution in [0.4, 0.5) is 0 Å². The van der Waals surface area contributed by atoms with Gasteiger partial charge in [-0.05, 0) is 18.6 Å². The Morgan fingerprint density at radius 1 is 1.25 bits per heavy atom. The smallest absolute Gasteiger partial charge is 0.339 e. The lowest BCUT2D eigenvalue weighted by Gasteiger charge is -2.02. The van der Waals surface area contributed by atoms with E-state index in [1.807, 2.05) is 6.92 Å². The van der Waals surface area contributed by atoms with Crippen LogP contribution in [0.3, 0.4) is 0 Å². The average Bonchev–Trinajstić information content (AvgIpc) is 2.90. The molecule has 2 rings (SSSR count). The second-order valence-corrected chi connectivity index (χ2v) is 4.19. The Morgan fingerprint density at radius 3 is 2.40 bits per heavy atom. The van der Waals surface area contributed by atoms with E-state index in [4.69, 9.17) is 4.42 Å². The van der Waals surface area contributed by atoms with Gasteiger partial charge in [-0.2, -0.15) is 0 Å². The molecule has 0 aliphatic rings. The van der Waals surface area contributed by atoms with E-state index in [2.05, 4.69) is 4.74 Å². The van der Waals surface area contributed by atoms with Crippen molar-refractivity contribution in [2.75, 3.05) is 7.11 Å². The number of hydrogen-bond acceptors (Lipinski definition) is 4. The number of carboxylic acid groups (broad SMARTS) is 1. The number of benzene rings is 1. The normalized spacial score (nSPS) is 10.3. The van der Waals surface area contributed by atoms with E-state index in [1.54, 1.807) is 24.3 Å². The predicted molar refractivity (Wildman–Crippen MR) is 71.8 cm³/mol. The zero-order valence-electron chi connectivity index (χ0n) is 11.2. The van der Waals surface area contributed by atoms with Crippen molar-refractivity contribution < 1.29 is 23.8 Å². The topological polar surface area (TPSA) is 76.7 Å². The van der Waals surface area contributed by atoms with Crippen LogP contribution in [0.1, 0.15) is 33.2 Å². The Labute approximate surface area is 115 Å². The minimum absolute atomic E-state index is 0.165. The fourth-order valence-corrected chi connectivity index (χ4v) is 1.98. The van der Waals surface area contributed by atoms with Gasteiger partial charge in [0.25, 0.3) is 0 Å². The molecule has 1 N–H and O–H groups in total. The number of esters is 1. The van der Waals surface area contributed by atoms with Gasteiger partial charge in [-0.3, -0.25) is 0 Å². The number of carbonyl (C=O) groups is 2. The van der Waals surface area contributed by atoms with Crippen molar-refractivity contribution in [1.82, 2.24) is 0 Å². The van der Waals surface area contributed by atoms with Crippen molar-refractivity contribution >= 4 is 11.9 Å². The maximum atomic E-state index is 11.3. The highest BCUT2D eigenvalue weighted by atomic mass is 16.5. The summed E-state index contributed by atoms with van der Waals surface area (Å²) in [6.07, 6.45) is 2.03. The highest BCUT2D eigenvalue weighted by Crippen LogP contribution is 2.29. The monoisotopic (exact) mass is 274 g/mol. The first-order valence-corrected chi connectivity index (χ1v) is 6.10. The molecule has 20 heavy (non-hydrogen) atoms. The number of ether oxygens (including phenoxy) is 1. The number of aryl methyl sites for hydroxylation is 1. The van der Waals surface area contributed by atoms with Crippen molar-refractivity contribution in [3.63, 3.8) is 0 Å². The van der Waals surface area contributed by atoms with Crippen LogP contribution in [0.5, 0.6) is 0 Å². The molecule has 1 aromatic heterocycles. The molecule has 0 amide bonds. The summed E-state index contributed by atoms with van der Waals surface area (Å²) >= 11 is 0. The summed E-state index contributed by atoms with van der Waals surface area (Å²) in [6.45, 7) is 1.86. The minimum atomic E-state index is -1.03. The number of hydrogen-bond donors (Lipinski definition) is 1. The van der Waals surface area contributed by atoms with Crippen LogP contribution >= 0.6 is 0 Å². The van der Waals surface area contributed by atoms with E-state index in [0.717, 1.165) is 0 Å². The van der Waals surface area contributed by atoms with Crippen LogP contribution in [0.2, 0.25) is 0 Å². The molecule has 5 heteroatoms.